The van der Waals surface area contributed by atoms with Crippen molar-refractivity contribution in [3.05, 3.63) is 38.8 Å². The highest BCUT2D eigenvalue weighted by Gasteiger charge is 2.03. The van der Waals surface area contributed by atoms with Crippen LogP contribution in [0.15, 0.2) is 34.1 Å². The van der Waals surface area contributed by atoms with Crippen molar-refractivity contribution in [3.63, 3.8) is 0 Å². The number of H-pyrrole nitrogens is 1. The Morgan fingerprint density at radius 1 is 1.53 bits per heavy atom. The number of thiazole rings is 1. The second kappa shape index (κ2) is 4.84. The Labute approximate surface area is 101 Å². The molecule has 2 rings (SSSR count). The molecule has 0 radical (unpaired) electrons. The minimum absolute atomic E-state index is 0.161. The van der Waals surface area contributed by atoms with Crippen LogP contribution >= 0.6 is 11.3 Å². The maximum absolute atomic E-state index is 10.9. The number of methoxy groups -OCH3 is 1. The summed E-state index contributed by atoms with van der Waals surface area (Å²) in [6.07, 6.45) is 1.44. The second-order valence-corrected chi connectivity index (χ2v) is 4.20. The molecule has 0 saturated heterocycles. The van der Waals surface area contributed by atoms with Crippen LogP contribution in [-0.4, -0.2) is 23.4 Å². The minimum Gasteiger partial charge on any atom is -0.497 e. The number of aromatic hydroxyl groups is 1. The van der Waals surface area contributed by atoms with Crippen molar-refractivity contribution in [2.24, 2.45) is 4.99 Å². The number of nitrogens with zero attached hydrogens (tertiary/aromatic N) is 1. The summed E-state index contributed by atoms with van der Waals surface area (Å²) in [5.74, 6) is 0.540. The number of ether oxygens (including phenoxy) is 1. The Morgan fingerprint density at radius 3 is 3.00 bits per heavy atom. The van der Waals surface area contributed by atoms with Gasteiger partial charge in [0, 0.05) is 6.07 Å². The lowest BCUT2D eigenvalue weighted by Gasteiger charge is -1.99. The van der Waals surface area contributed by atoms with Crippen LogP contribution in [0.4, 0.5) is 5.69 Å². The summed E-state index contributed by atoms with van der Waals surface area (Å²) in [4.78, 5) is 17.4. The fourth-order valence-corrected chi connectivity index (χ4v) is 1.84. The van der Waals surface area contributed by atoms with Crippen LogP contribution in [0.25, 0.3) is 0 Å². The highest BCUT2D eigenvalue weighted by Crippen LogP contribution is 2.20. The number of hydrogen-bond donors (Lipinski definition) is 2. The molecular weight excluding hydrogens is 240 g/mol. The van der Waals surface area contributed by atoms with Crippen LogP contribution in [0.2, 0.25) is 0 Å². The predicted octanol–water partition coefficient (Wildman–Crippen LogP) is 1.90. The number of aromatic amines is 1. The van der Waals surface area contributed by atoms with E-state index in [1.807, 2.05) is 12.1 Å². The topological polar surface area (TPSA) is 74.7 Å². The number of aliphatic imine (C=N–C) groups is 1. The van der Waals surface area contributed by atoms with Gasteiger partial charge in [-0.1, -0.05) is 17.4 Å². The van der Waals surface area contributed by atoms with Gasteiger partial charge in [0.05, 0.1) is 19.0 Å². The van der Waals surface area contributed by atoms with E-state index >= 15 is 0 Å². The van der Waals surface area contributed by atoms with Crippen LogP contribution < -0.4 is 9.61 Å². The molecule has 6 heteroatoms. The summed E-state index contributed by atoms with van der Waals surface area (Å²) in [6, 6.07) is 7.17. The fraction of sp³-hybridized carbons (Fsp3) is 0.0909. The molecule has 1 aromatic heterocycles. The van der Waals surface area contributed by atoms with Gasteiger partial charge in [-0.25, -0.2) is 0 Å². The first kappa shape index (κ1) is 11.4. The molecule has 88 valence electrons. The molecule has 17 heavy (non-hydrogen) atoms. The molecule has 0 aliphatic heterocycles. The lowest BCUT2D eigenvalue weighted by molar-refractivity contribution is 0.415. The van der Waals surface area contributed by atoms with Crippen LogP contribution in [-0.2, 0) is 0 Å². The average molecular weight is 250 g/mol. The Bertz CT molecular complexity index is 601. The molecule has 0 atom stereocenters. The first-order chi connectivity index (χ1) is 8.19. The quantitative estimate of drug-likeness (QED) is 0.817. The largest absolute Gasteiger partial charge is 0.497 e. The maximum atomic E-state index is 10.9. The third kappa shape index (κ3) is 2.73. The second-order valence-electron chi connectivity index (χ2n) is 3.19. The van der Waals surface area contributed by atoms with E-state index in [1.54, 1.807) is 19.2 Å². The molecule has 2 aromatic rings. The van der Waals surface area contributed by atoms with Gasteiger partial charge in [-0.2, -0.15) is 0 Å². The van der Waals surface area contributed by atoms with E-state index in [1.165, 1.54) is 6.21 Å². The molecule has 0 aliphatic carbocycles. The van der Waals surface area contributed by atoms with Crippen LogP contribution in [0.3, 0.4) is 0 Å². The molecule has 5 nitrogen and oxygen atoms in total. The molecule has 2 N–H and O–H groups in total. The van der Waals surface area contributed by atoms with Crippen molar-refractivity contribution in [2.45, 2.75) is 0 Å². The lowest BCUT2D eigenvalue weighted by atomic mass is 10.3. The lowest BCUT2D eigenvalue weighted by Crippen LogP contribution is -1.89. The first-order valence-corrected chi connectivity index (χ1v) is 5.61. The highest BCUT2D eigenvalue weighted by molar-refractivity contribution is 7.11. The number of aromatic nitrogens is 1. The highest BCUT2D eigenvalue weighted by atomic mass is 32.1. The van der Waals surface area contributed by atoms with Crippen molar-refractivity contribution in [1.29, 1.82) is 0 Å². The van der Waals surface area contributed by atoms with Crippen molar-refractivity contribution in [2.75, 3.05) is 7.11 Å². The molecule has 0 amide bonds. The summed E-state index contributed by atoms with van der Waals surface area (Å²) in [7, 11) is 1.58. The zero-order chi connectivity index (χ0) is 12.3. The summed E-state index contributed by atoms with van der Waals surface area (Å²) < 4.78 is 5.06. The van der Waals surface area contributed by atoms with Gasteiger partial charge in [0.15, 0.2) is 0 Å². The number of hydrogen-bond acceptors (Lipinski definition) is 5. The molecule has 1 aromatic carbocycles. The molecule has 0 saturated carbocycles. The Morgan fingerprint density at radius 2 is 2.35 bits per heavy atom. The molecule has 0 spiro atoms. The summed E-state index contributed by atoms with van der Waals surface area (Å²) in [5.41, 5.74) is 0.685. The van der Waals surface area contributed by atoms with E-state index in [-0.39, 0.29) is 10.8 Å². The van der Waals surface area contributed by atoms with Gasteiger partial charge in [0.25, 0.3) is 0 Å². The van der Waals surface area contributed by atoms with Gasteiger partial charge >= 0.3 is 4.87 Å². The fourth-order valence-electron chi connectivity index (χ4n) is 1.24. The molecule has 0 aliphatic rings. The molecular formula is C11H10N2O3S. The van der Waals surface area contributed by atoms with Crippen molar-refractivity contribution in [1.82, 2.24) is 4.98 Å². The minimum atomic E-state index is -0.311. The SMILES string of the molecule is COc1cccc(N=Cc2sc(=O)[nH]c2O)c1. The standard InChI is InChI=1S/C11H10N2O3S/c1-16-8-4-2-3-7(5-8)12-6-9-10(14)13-11(15)17-9/h2-6,14H,1H3,(H,13,15). The van der Waals surface area contributed by atoms with Gasteiger partial charge in [0.2, 0.25) is 5.88 Å². The number of nitrogens with one attached hydrogen (secondary N) is 1. The van der Waals surface area contributed by atoms with E-state index in [4.69, 9.17) is 4.74 Å². The number of rotatable bonds is 3. The maximum Gasteiger partial charge on any atom is 0.307 e. The van der Waals surface area contributed by atoms with Crippen LogP contribution in [0, 0.1) is 0 Å². The zero-order valence-corrected chi connectivity index (χ0v) is 9.82. The zero-order valence-electron chi connectivity index (χ0n) is 9.01. The van der Waals surface area contributed by atoms with E-state index in [9.17, 15) is 9.90 Å². The van der Waals surface area contributed by atoms with Crippen LogP contribution in [0.1, 0.15) is 4.88 Å². The Hall–Kier alpha value is -2.08. The van der Waals surface area contributed by atoms with E-state index in [2.05, 4.69) is 9.98 Å². The molecule has 1 heterocycles. The average Bonchev–Trinajstić information content (AvgIpc) is 2.65. The summed E-state index contributed by atoms with van der Waals surface area (Å²) in [5, 5.41) is 9.35. The van der Waals surface area contributed by atoms with Crippen molar-refractivity contribution in [3.8, 4) is 11.6 Å². The van der Waals surface area contributed by atoms with E-state index in [0.717, 1.165) is 11.3 Å². The van der Waals surface area contributed by atoms with Gasteiger partial charge < -0.3 is 9.84 Å². The summed E-state index contributed by atoms with van der Waals surface area (Å²) >= 11 is 0.902. The van der Waals surface area contributed by atoms with Gasteiger partial charge in [-0.3, -0.25) is 14.8 Å². The normalized spacial score (nSPS) is 10.9. The first-order valence-electron chi connectivity index (χ1n) is 4.79. The molecule has 0 bridgehead atoms. The van der Waals surface area contributed by atoms with Gasteiger partial charge in [0.1, 0.15) is 10.6 Å². The molecule has 0 unspecified atom stereocenters. The smallest absolute Gasteiger partial charge is 0.307 e. The van der Waals surface area contributed by atoms with Crippen molar-refractivity contribution < 1.29 is 9.84 Å². The Balaban J connectivity index is 2.25. The van der Waals surface area contributed by atoms with Crippen LogP contribution in [0.5, 0.6) is 11.6 Å². The third-order valence-electron chi connectivity index (χ3n) is 2.04. The number of benzene rings is 1. The third-order valence-corrected chi connectivity index (χ3v) is 2.85. The monoisotopic (exact) mass is 250 g/mol. The summed E-state index contributed by atoms with van der Waals surface area (Å²) in [6.45, 7) is 0. The predicted molar refractivity (Wildman–Crippen MR) is 66.9 cm³/mol. The van der Waals surface area contributed by atoms with Gasteiger partial charge in [-0.05, 0) is 12.1 Å². The van der Waals surface area contributed by atoms with E-state index in [0.29, 0.717) is 16.3 Å². The Kier molecular flexibility index (Phi) is 3.24. The van der Waals surface area contributed by atoms with Crippen molar-refractivity contribution >= 4 is 23.2 Å². The van der Waals surface area contributed by atoms with Gasteiger partial charge in [-0.15, -0.1) is 0 Å². The molecule has 0 fully saturated rings. The van der Waals surface area contributed by atoms with E-state index < -0.39 is 0 Å².